The number of carbonyl (C=O) groups excluding carboxylic acids is 1. The number of rotatable bonds is 19. The van der Waals surface area contributed by atoms with Gasteiger partial charge in [0.2, 0.25) is 0 Å². The van der Waals surface area contributed by atoms with Gasteiger partial charge in [0.25, 0.3) is 0 Å². The van der Waals surface area contributed by atoms with Gasteiger partial charge >= 0.3 is 0 Å². The van der Waals surface area contributed by atoms with Crippen LogP contribution in [0.15, 0.2) is 109 Å². The van der Waals surface area contributed by atoms with Gasteiger partial charge in [0, 0.05) is 36.3 Å². The van der Waals surface area contributed by atoms with E-state index in [9.17, 15) is 4.79 Å². The standard InChI is InChI=1S/C45H50N4O5/c1-5-33(25-31(2)51-3)44-43(37-10-8-11-39(27-37)52-4)48-45(38-18-17-36-26-35-9-6-7-12-40(35)41(36)28-38)49(44)30-32-13-15-34(16-14-32)42(50)29-47-20-22-54-24-23-53-21-19-46/h5-18,25,27-28,47H,19-24,26,29-30,46H2,1-4H3/b31-25+,33-5+. The molecule has 0 aliphatic heterocycles. The molecule has 280 valence electrons. The second-order valence-electron chi connectivity index (χ2n) is 13.2. The van der Waals surface area contributed by atoms with E-state index in [2.05, 4.69) is 70.6 Å². The van der Waals surface area contributed by atoms with Gasteiger partial charge in [-0.25, -0.2) is 4.98 Å². The third-order valence-corrected chi connectivity index (χ3v) is 9.59. The van der Waals surface area contributed by atoms with Crippen LogP contribution < -0.4 is 15.8 Å². The number of allylic oxidation sites excluding steroid dienone is 4. The molecular formula is C45H50N4O5. The van der Waals surface area contributed by atoms with Crippen molar-refractivity contribution in [3.63, 3.8) is 0 Å². The molecule has 1 aliphatic rings. The van der Waals surface area contributed by atoms with Crippen LogP contribution in [0, 0.1) is 0 Å². The summed E-state index contributed by atoms with van der Waals surface area (Å²) >= 11 is 0. The fourth-order valence-corrected chi connectivity index (χ4v) is 6.75. The SMILES string of the molecule is C/C=C(\C=C(/C)OC)c1c(-c2cccc(OC)c2)nc(-c2ccc3c(c2)-c2ccccc2C3)n1Cc1ccc(C(=O)CNCCOCCOCCN)cc1. The number of hydrogen-bond acceptors (Lipinski definition) is 8. The Labute approximate surface area is 318 Å². The highest BCUT2D eigenvalue weighted by Gasteiger charge is 2.25. The van der Waals surface area contributed by atoms with Crippen LogP contribution in [0.1, 0.15) is 46.6 Å². The molecular weight excluding hydrogens is 677 g/mol. The molecule has 1 heterocycles. The zero-order chi connectivity index (χ0) is 37.9. The lowest BCUT2D eigenvalue weighted by molar-refractivity contribution is 0.0518. The van der Waals surface area contributed by atoms with E-state index in [-0.39, 0.29) is 12.3 Å². The summed E-state index contributed by atoms with van der Waals surface area (Å²) in [6.07, 6.45) is 5.07. The third kappa shape index (κ3) is 9.06. The zero-order valence-corrected chi connectivity index (χ0v) is 31.7. The lowest BCUT2D eigenvalue weighted by Crippen LogP contribution is -2.27. The van der Waals surface area contributed by atoms with E-state index in [0.29, 0.717) is 51.6 Å². The first-order valence-corrected chi connectivity index (χ1v) is 18.5. The fourth-order valence-electron chi connectivity index (χ4n) is 6.75. The summed E-state index contributed by atoms with van der Waals surface area (Å²) in [6.45, 7) is 7.82. The number of benzene rings is 4. The number of ether oxygens (including phenoxy) is 4. The molecule has 0 saturated carbocycles. The molecule has 1 aliphatic carbocycles. The molecule has 9 heteroatoms. The van der Waals surface area contributed by atoms with Crippen LogP contribution >= 0.6 is 0 Å². The number of fused-ring (bicyclic) bond motifs is 3. The largest absolute Gasteiger partial charge is 0.501 e. The Balaban J connectivity index is 1.35. The van der Waals surface area contributed by atoms with Gasteiger partial charge in [0.1, 0.15) is 11.6 Å². The molecule has 0 bridgehead atoms. The maximum atomic E-state index is 13.1. The van der Waals surface area contributed by atoms with Gasteiger partial charge in [-0.1, -0.05) is 78.9 Å². The summed E-state index contributed by atoms with van der Waals surface area (Å²) in [7, 11) is 3.36. The Morgan fingerprint density at radius 3 is 2.41 bits per heavy atom. The maximum absolute atomic E-state index is 13.1. The summed E-state index contributed by atoms with van der Waals surface area (Å²) in [5, 5.41) is 3.18. The third-order valence-electron chi connectivity index (χ3n) is 9.59. The first kappa shape index (κ1) is 38.4. The number of carbonyl (C=O) groups is 1. The van der Waals surface area contributed by atoms with Crippen LogP contribution in [0.25, 0.3) is 39.3 Å². The molecule has 5 aromatic rings. The number of methoxy groups -OCH3 is 2. The van der Waals surface area contributed by atoms with Crippen molar-refractivity contribution >= 4 is 11.4 Å². The van der Waals surface area contributed by atoms with Crippen molar-refractivity contribution in [1.82, 2.24) is 14.9 Å². The molecule has 0 fully saturated rings. The predicted octanol–water partition coefficient (Wildman–Crippen LogP) is 7.56. The van der Waals surface area contributed by atoms with E-state index >= 15 is 0 Å². The van der Waals surface area contributed by atoms with Gasteiger partial charge < -0.3 is 34.6 Å². The van der Waals surface area contributed by atoms with Crippen LogP contribution in [0.3, 0.4) is 0 Å². The minimum Gasteiger partial charge on any atom is -0.501 e. The number of nitrogens with zero attached hydrogens (tertiary/aromatic N) is 2. The fraction of sp³-hybridized carbons (Fsp3) is 0.289. The van der Waals surface area contributed by atoms with Crippen LogP contribution in [0.2, 0.25) is 0 Å². The van der Waals surface area contributed by atoms with Gasteiger partial charge in [-0.15, -0.1) is 0 Å². The van der Waals surface area contributed by atoms with E-state index in [0.717, 1.165) is 57.4 Å². The van der Waals surface area contributed by atoms with Gasteiger partial charge in [-0.2, -0.15) is 0 Å². The average molecular weight is 727 g/mol. The normalized spacial score (nSPS) is 12.5. The smallest absolute Gasteiger partial charge is 0.176 e. The van der Waals surface area contributed by atoms with Crippen molar-refractivity contribution in [3.05, 3.63) is 137 Å². The van der Waals surface area contributed by atoms with Crippen molar-refractivity contribution in [2.45, 2.75) is 26.8 Å². The molecule has 0 unspecified atom stereocenters. The Hall–Kier alpha value is -5.32. The average Bonchev–Trinajstić information content (AvgIpc) is 3.77. The van der Waals surface area contributed by atoms with Crippen molar-refractivity contribution in [2.75, 3.05) is 60.3 Å². The Bertz CT molecular complexity index is 2120. The molecule has 54 heavy (non-hydrogen) atoms. The number of Topliss-reactive ketones (excluding diaryl/α,β-unsaturated/α-hetero) is 1. The van der Waals surface area contributed by atoms with Crippen molar-refractivity contribution in [3.8, 4) is 39.5 Å². The molecule has 0 spiro atoms. The van der Waals surface area contributed by atoms with Gasteiger partial charge in [-0.05, 0) is 77.9 Å². The number of nitrogens with two attached hydrogens (primary N) is 1. The molecule has 0 radical (unpaired) electrons. The van der Waals surface area contributed by atoms with E-state index < -0.39 is 0 Å². The minimum atomic E-state index is 0.0203. The van der Waals surface area contributed by atoms with Gasteiger partial charge in [0.15, 0.2) is 5.78 Å². The first-order chi connectivity index (χ1) is 26.4. The Morgan fingerprint density at radius 2 is 1.65 bits per heavy atom. The molecule has 0 atom stereocenters. The Kier molecular flexibility index (Phi) is 13.2. The topological polar surface area (TPSA) is 110 Å². The summed E-state index contributed by atoms with van der Waals surface area (Å²) in [5.41, 5.74) is 17.0. The molecule has 9 nitrogen and oxygen atoms in total. The zero-order valence-electron chi connectivity index (χ0n) is 31.7. The van der Waals surface area contributed by atoms with Crippen molar-refractivity contribution in [2.24, 2.45) is 5.73 Å². The summed E-state index contributed by atoms with van der Waals surface area (Å²) in [5.74, 6) is 2.40. The molecule has 3 N–H and O–H groups in total. The monoisotopic (exact) mass is 726 g/mol. The molecule has 6 rings (SSSR count). The van der Waals surface area contributed by atoms with Crippen LogP contribution in [0.4, 0.5) is 0 Å². The van der Waals surface area contributed by atoms with E-state index in [4.69, 9.17) is 29.7 Å². The maximum Gasteiger partial charge on any atom is 0.176 e. The minimum absolute atomic E-state index is 0.0203. The molecule has 0 saturated heterocycles. The number of nitrogens with one attached hydrogen (secondary N) is 1. The van der Waals surface area contributed by atoms with Crippen molar-refractivity contribution < 1.29 is 23.7 Å². The number of ketones is 1. The van der Waals surface area contributed by atoms with E-state index in [1.165, 1.54) is 22.3 Å². The van der Waals surface area contributed by atoms with Crippen LogP contribution in [0.5, 0.6) is 5.75 Å². The highest BCUT2D eigenvalue weighted by Crippen LogP contribution is 2.41. The van der Waals surface area contributed by atoms with Crippen LogP contribution in [-0.2, 0) is 27.2 Å². The lowest BCUT2D eigenvalue weighted by atomic mass is 10.0. The molecule has 4 aromatic carbocycles. The lowest BCUT2D eigenvalue weighted by Gasteiger charge is -2.16. The highest BCUT2D eigenvalue weighted by molar-refractivity contribution is 5.97. The van der Waals surface area contributed by atoms with Crippen molar-refractivity contribution in [1.29, 1.82) is 0 Å². The Morgan fingerprint density at radius 1 is 0.870 bits per heavy atom. The van der Waals surface area contributed by atoms with Crippen LogP contribution in [-0.4, -0.2) is 75.6 Å². The van der Waals surface area contributed by atoms with E-state index in [1.807, 2.05) is 56.3 Å². The molecule has 0 amide bonds. The quantitative estimate of drug-likeness (QED) is 0.0381. The summed E-state index contributed by atoms with van der Waals surface area (Å²) in [6, 6.07) is 31.2. The summed E-state index contributed by atoms with van der Waals surface area (Å²) < 4.78 is 24.4. The number of hydrogen-bond donors (Lipinski definition) is 2. The van der Waals surface area contributed by atoms with E-state index in [1.54, 1.807) is 14.2 Å². The second-order valence-corrected chi connectivity index (χ2v) is 13.2. The second kappa shape index (κ2) is 18.6. The predicted molar refractivity (Wildman–Crippen MR) is 216 cm³/mol. The molecule has 1 aromatic heterocycles. The van der Waals surface area contributed by atoms with Gasteiger partial charge in [-0.3, -0.25) is 4.79 Å². The van der Waals surface area contributed by atoms with Gasteiger partial charge in [0.05, 0.1) is 64.3 Å². The first-order valence-electron chi connectivity index (χ1n) is 18.5. The summed E-state index contributed by atoms with van der Waals surface area (Å²) in [4.78, 5) is 18.5. The number of imidazole rings is 1. The highest BCUT2D eigenvalue weighted by atomic mass is 16.5. The number of aromatic nitrogens is 2.